The fraction of sp³-hybridized carbons (Fsp3) is 0.0625. The molecule has 0 fully saturated rings. The number of aromatic nitrogens is 4. The first-order valence-electron chi connectivity index (χ1n) is 13.3. The maximum atomic E-state index is 13.4. The van der Waals surface area contributed by atoms with Crippen molar-refractivity contribution in [3.8, 4) is 34.2 Å². The highest BCUT2D eigenvalue weighted by Gasteiger charge is 2.21. The highest BCUT2D eigenvalue weighted by molar-refractivity contribution is 6.06. The van der Waals surface area contributed by atoms with Gasteiger partial charge in [-0.05, 0) is 79.2 Å². The molecule has 0 spiro atoms. The molecule has 1 amide bonds. The second-order valence-electron chi connectivity index (χ2n) is 9.45. The van der Waals surface area contributed by atoms with Crippen LogP contribution in [0.25, 0.3) is 27.8 Å². The van der Waals surface area contributed by atoms with Gasteiger partial charge in [0, 0.05) is 35.0 Å². The predicted octanol–water partition coefficient (Wildman–Crippen LogP) is 5.94. The van der Waals surface area contributed by atoms with Crippen molar-refractivity contribution >= 4 is 28.3 Å². The number of halogens is 1. The molecule has 0 saturated heterocycles. The zero-order valence-electron chi connectivity index (χ0n) is 22.9. The van der Waals surface area contributed by atoms with E-state index in [-0.39, 0.29) is 17.9 Å². The van der Waals surface area contributed by atoms with Gasteiger partial charge in [-0.2, -0.15) is 0 Å². The molecule has 0 radical (unpaired) electrons. The number of rotatable bonds is 8. The molecule has 0 aliphatic heterocycles. The number of pyridine rings is 1. The summed E-state index contributed by atoms with van der Waals surface area (Å²) in [4.78, 5) is 38.5. The van der Waals surface area contributed by atoms with Gasteiger partial charge in [0.25, 0.3) is 11.5 Å². The summed E-state index contributed by atoms with van der Waals surface area (Å²) < 4.78 is 26.4. The topological polar surface area (TPSA) is 137 Å². The molecule has 0 unspecified atom stereocenters. The fourth-order valence-corrected chi connectivity index (χ4v) is 4.67. The van der Waals surface area contributed by atoms with Crippen LogP contribution in [0.5, 0.6) is 17.4 Å². The minimum atomic E-state index is -0.657. The van der Waals surface area contributed by atoms with Crippen LogP contribution in [0.4, 0.5) is 15.8 Å². The molecular formula is C32H25FN6O4. The molecule has 4 N–H and O–H groups in total. The van der Waals surface area contributed by atoms with Gasteiger partial charge in [-0.3, -0.25) is 14.2 Å². The summed E-state index contributed by atoms with van der Waals surface area (Å²) in [6.45, 7) is 2.01. The molecule has 0 aliphatic rings. The SMILES string of the molecule is CCOc1ccn(-c2ccc(F)cc2)c(=O)c1C(=O)Nc1ccc(Oc2ncnc3[nH]cc(-c4cccc(N)c4)c23)cc1. The lowest BCUT2D eigenvalue weighted by atomic mass is 10.1. The van der Waals surface area contributed by atoms with Gasteiger partial charge in [0.2, 0.25) is 5.88 Å². The molecule has 6 aromatic rings. The average Bonchev–Trinajstić information content (AvgIpc) is 3.44. The van der Waals surface area contributed by atoms with Crippen LogP contribution in [0.15, 0.2) is 102 Å². The molecule has 0 aliphatic carbocycles. The van der Waals surface area contributed by atoms with E-state index in [2.05, 4.69) is 20.3 Å². The van der Waals surface area contributed by atoms with Gasteiger partial charge >= 0.3 is 0 Å². The Balaban J connectivity index is 1.26. The number of hydrogen-bond acceptors (Lipinski definition) is 7. The first kappa shape index (κ1) is 27.2. The highest BCUT2D eigenvalue weighted by Crippen LogP contribution is 2.36. The Bertz CT molecular complexity index is 2000. The van der Waals surface area contributed by atoms with Gasteiger partial charge in [0.15, 0.2) is 0 Å². The van der Waals surface area contributed by atoms with Crippen LogP contribution in [0.2, 0.25) is 0 Å². The number of carbonyl (C=O) groups excluding carboxylic acids is 1. The summed E-state index contributed by atoms with van der Waals surface area (Å²) in [7, 11) is 0. The summed E-state index contributed by atoms with van der Waals surface area (Å²) >= 11 is 0. The third-order valence-corrected chi connectivity index (χ3v) is 6.65. The number of carbonyl (C=O) groups is 1. The number of ether oxygens (including phenoxy) is 2. The number of H-pyrrole nitrogens is 1. The Kier molecular flexibility index (Phi) is 7.27. The largest absolute Gasteiger partial charge is 0.493 e. The van der Waals surface area contributed by atoms with Gasteiger partial charge in [-0.15, -0.1) is 0 Å². The number of amides is 1. The van der Waals surface area contributed by atoms with E-state index in [9.17, 15) is 14.0 Å². The quantitative estimate of drug-likeness (QED) is 0.191. The molecule has 10 nitrogen and oxygen atoms in total. The number of nitrogen functional groups attached to an aromatic ring is 1. The second-order valence-corrected chi connectivity index (χ2v) is 9.45. The summed E-state index contributed by atoms with van der Waals surface area (Å²) in [5, 5.41) is 3.44. The van der Waals surface area contributed by atoms with E-state index in [4.69, 9.17) is 15.2 Å². The number of fused-ring (bicyclic) bond motifs is 1. The molecule has 3 heterocycles. The van der Waals surface area contributed by atoms with Crippen LogP contribution in [0, 0.1) is 5.82 Å². The van der Waals surface area contributed by atoms with Crippen molar-refractivity contribution in [1.82, 2.24) is 19.5 Å². The number of anilines is 2. The standard InChI is InChI=1S/C32H25FN6O4/c1-2-42-26-14-15-39(23-10-6-20(33)7-11-23)32(41)28(26)30(40)38-22-8-12-24(13-9-22)43-31-27-25(17-35-29(27)36-18-37-31)19-4-3-5-21(34)16-19/h3-18H,2,34H2,1H3,(H,38,40)(H,35,36,37). The molecule has 0 atom stereocenters. The van der Waals surface area contributed by atoms with Gasteiger partial charge in [-0.25, -0.2) is 14.4 Å². The van der Waals surface area contributed by atoms with Crippen molar-refractivity contribution < 1.29 is 18.7 Å². The number of nitrogens with one attached hydrogen (secondary N) is 2. The fourth-order valence-electron chi connectivity index (χ4n) is 4.67. The normalized spacial score (nSPS) is 10.9. The number of benzene rings is 3. The minimum Gasteiger partial charge on any atom is -0.493 e. The van der Waals surface area contributed by atoms with Gasteiger partial charge < -0.3 is 25.5 Å². The number of hydrogen-bond donors (Lipinski definition) is 3. The highest BCUT2D eigenvalue weighted by atomic mass is 19.1. The monoisotopic (exact) mass is 576 g/mol. The van der Waals surface area contributed by atoms with E-state index >= 15 is 0 Å². The van der Waals surface area contributed by atoms with Crippen molar-refractivity contribution in [2.24, 2.45) is 0 Å². The molecule has 6 rings (SSSR count). The van der Waals surface area contributed by atoms with Crippen LogP contribution in [0.3, 0.4) is 0 Å². The number of nitrogens with two attached hydrogens (primary N) is 1. The molecular weight excluding hydrogens is 551 g/mol. The molecule has 214 valence electrons. The third-order valence-electron chi connectivity index (χ3n) is 6.65. The maximum Gasteiger partial charge on any atom is 0.271 e. The van der Waals surface area contributed by atoms with Crippen molar-refractivity contribution in [3.05, 3.63) is 119 Å². The smallest absolute Gasteiger partial charge is 0.271 e. The molecule has 0 bridgehead atoms. The lowest BCUT2D eigenvalue weighted by Gasteiger charge is -2.14. The summed E-state index contributed by atoms with van der Waals surface area (Å²) in [6, 6.07) is 21.0. The first-order chi connectivity index (χ1) is 20.9. The molecule has 3 aromatic heterocycles. The molecule has 3 aromatic carbocycles. The van der Waals surface area contributed by atoms with Crippen LogP contribution < -0.4 is 26.1 Å². The minimum absolute atomic E-state index is 0.138. The lowest BCUT2D eigenvalue weighted by molar-refractivity contribution is 0.102. The summed E-state index contributed by atoms with van der Waals surface area (Å²) in [5.74, 6) is -0.153. The van der Waals surface area contributed by atoms with Crippen LogP contribution >= 0.6 is 0 Å². The van der Waals surface area contributed by atoms with E-state index in [1.807, 2.05) is 30.5 Å². The Hall–Kier alpha value is -5.97. The van der Waals surface area contributed by atoms with Crippen LogP contribution in [0.1, 0.15) is 17.3 Å². The lowest BCUT2D eigenvalue weighted by Crippen LogP contribution is -2.29. The van der Waals surface area contributed by atoms with Crippen molar-refractivity contribution in [3.63, 3.8) is 0 Å². The third kappa shape index (κ3) is 5.51. The molecule has 11 heteroatoms. The van der Waals surface area contributed by atoms with E-state index in [0.29, 0.717) is 39.7 Å². The zero-order chi connectivity index (χ0) is 29.9. The summed E-state index contributed by atoms with van der Waals surface area (Å²) in [6.07, 6.45) is 4.71. The van der Waals surface area contributed by atoms with Crippen LogP contribution in [-0.2, 0) is 0 Å². The second kappa shape index (κ2) is 11.5. The Labute approximate surface area is 244 Å². The number of aromatic amines is 1. The zero-order valence-corrected chi connectivity index (χ0v) is 22.9. The summed E-state index contributed by atoms with van der Waals surface area (Å²) in [5.41, 5.74) is 8.98. The number of nitrogens with zero attached hydrogens (tertiary/aromatic N) is 3. The average molecular weight is 577 g/mol. The molecule has 0 saturated carbocycles. The van der Waals surface area contributed by atoms with Gasteiger partial charge in [0.05, 0.1) is 12.0 Å². The van der Waals surface area contributed by atoms with Crippen LogP contribution in [-0.4, -0.2) is 32.0 Å². The van der Waals surface area contributed by atoms with Crippen molar-refractivity contribution in [2.75, 3.05) is 17.7 Å². The van der Waals surface area contributed by atoms with Crippen molar-refractivity contribution in [1.29, 1.82) is 0 Å². The Morgan fingerprint density at radius 2 is 1.84 bits per heavy atom. The van der Waals surface area contributed by atoms with E-state index in [1.165, 1.54) is 47.4 Å². The van der Waals surface area contributed by atoms with E-state index in [0.717, 1.165) is 11.1 Å². The van der Waals surface area contributed by atoms with E-state index < -0.39 is 17.3 Å². The Morgan fingerprint density at radius 1 is 1.05 bits per heavy atom. The predicted molar refractivity (Wildman–Crippen MR) is 161 cm³/mol. The van der Waals surface area contributed by atoms with Gasteiger partial charge in [0.1, 0.15) is 34.9 Å². The van der Waals surface area contributed by atoms with E-state index in [1.54, 1.807) is 31.2 Å². The Morgan fingerprint density at radius 3 is 2.58 bits per heavy atom. The van der Waals surface area contributed by atoms with Gasteiger partial charge in [-0.1, -0.05) is 12.1 Å². The first-order valence-corrected chi connectivity index (χ1v) is 13.3. The maximum absolute atomic E-state index is 13.4. The molecule has 43 heavy (non-hydrogen) atoms. The van der Waals surface area contributed by atoms with Crippen molar-refractivity contribution in [2.45, 2.75) is 6.92 Å².